The highest BCUT2D eigenvalue weighted by molar-refractivity contribution is 7.84. The summed E-state index contributed by atoms with van der Waals surface area (Å²) in [7, 11) is 0.447. The van der Waals surface area contributed by atoms with Gasteiger partial charge in [0.15, 0.2) is 0 Å². The maximum atomic E-state index is 12.2. The molecule has 0 aliphatic heterocycles. The van der Waals surface area contributed by atoms with Gasteiger partial charge in [-0.3, -0.25) is 4.21 Å². The third-order valence-corrected chi connectivity index (χ3v) is 4.24. The molecule has 100 valence electrons. The Labute approximate surface area is 119 Å². The van der Waals surface area contributed by atoms with E-state index in [1.807, 2.05) is 6.07 Å². The van der Waals surface area contributed by atoms with Crippen molar-refractivity contribution in [2.45, 2.75) is 10.6 Å². The monoisotopic (exact) mass is 295 g/mol. The van der Waals surface area contributed by atoms with E-state index >= 15 is 0 Å². The van der Waals surface area contributed by atoms with Gasteiger partial charge in [0, 0.05) is 21.7 Å². The first-order chi connectivity index (χ1) is 9.08. The zero-order valence-electron chi connectivity index (χ0n) is 10.4. The van der Waals surface area contributed by atoms with Crippen LogP contribution in [0.1, 0.15) is 5.56 Å². The summed E-state index contributed by atoms with van der Waals surface area (Å²) < 4.78 is 17.4. The largest absolute Gasteiger partial charge is 0.497 e. The molecule has 1 atom stereocenters. The predicted octanol–water partition coefficient (Wildman–Crippen LogP) is 3.24. The normalized spacial score (nSPS) is 12.1. The van der Waals surface area contributed by atoms with Crippen LogP contribution >= 0.6 is 11.6 Å². The number of hydrogen-bond donors (Lipinski definition) is 1. The van der Waals surface area contributed by atoms with Crippen molar-refractivity contribution in [3.8, 4) is 5.75 Å². The maximum absolute atomic E-state index is 12.2. The van der Waals surface area contributed by atoms with Crippen LogP contribution in [-0.2, 0) is 16.6 Å². The number of nitrogen functional groups attached to an aromatic ring is 1. The van der Waals surface area contributed by atoms with E-state index in [1.54, 1.807) is 43.5 Å². The summed E-state index contributed by atoms with van der Waals surface area (Å²) in [6.45, 7) is 0. The van der Waals surface area contributed by atoms with E-state index in [4.69, 9.17) is 22.1 Å². The third-order valence-electron chi connectivity index (χ3n) is 2.60. The minimum atomic E-state index is -1.13. The van der Waals surface area contributed by atoms with Crippen LogP contribution in [0.3, 0.4) is 0 Å². The first-order valence-corrected chi connectivity index (χ1v) is 7.35. The fourth-order valence-electron chi connectivity index (χ4n) is 1.71. The van der Waals surface area contributed by atoms with Gasteiger partial charge in [0.25, 0.3) is 0 Å². The Morgan fingerprint density at radius 3 is 2.53 bits per heavy atom. The summed E-state index contributed by atoms with van der Waals surface area (Å²) in [5.74, 6) is 1.06. The molecule has 0 radical (unpaired) electrons. The first-order valence-electron chi connectivity index (χ1n) is 5.66. The molecule has 0 saturated carbocycles. The summed E-state index contributed by atoms with van der Waals surface area (Å²) in [5.41, 5.74) is 7.25. The molecule has 0 fully saturated rings. The topological polar surface area (TPSA) is 52.3 Å². The lowest BCUT2D eigenvalue weighted by molar-refractivity contribution is 0.414. The van der Waals surface area contributed by atoms with Gasteiger partial charge >= 0.3 is 0 Å². The molecule has 0 amide bonds. The molecule has 0 spiro atoms. The molecule has 0 saturated heterocycles. The highest BCUT2D eigenvalue weighted by atomic mass is 35.5. The Hall–Kier alpha value is -1.52. The van der Waals surface area contributed by atoms with Crippen LogP contribution in [-0.4, -0.2) is 11.3 Å². The summed E-state index contributed by atoms with van der Waals surface area (Å²) in [4.78, 5) is 0.741. The number of benzene rings is 2. The molecule has 3 nitrogen and oxygen atoms in total. The van der Waals surface area contributed by atoms with Gasteiger partial charge < -0.3 is 10.5 Å². The molecule has 0 aliphatic carbocycles. The van der Waals surface area contributed by atoms with Crippen molar-refractivity contribution in [1.29, 1.82) is 0 Å². The van der Waals surface area contributed by atoms with Crippen molar-refractivity contribution in [1.82, 2.24) is 0 Å². The van der Waals surface area contributed by atoms with E-state index in [0.717, 1.165) is 10.5 Å². The zero-order valence-corrected chi connectivity index (χ0v) is 12.0. The summed E-state index contributed by atoms with van der Waals surface area (Å²) in [5, 5.41) is 0.631. The number of nitrogens with two attached hydrogens (primary N) is 1. The van der Waals surface area contributed by atoms with Gasteiger partial charge in [-0.1, -0.05) is 11.6 Å². The lowest BCUT2D eigenvalue weighted by Gasteiger charge is -2.07. The SMILES string of the molecule is COc1cc(N)cc(CS(=O)c2ccc(Cl)cc2)c1. The molecular formula is C14H14ClNO2S. The van der Waals surface area contributed by atoms with Gasteiger partial charge in [-0.05, 0) is 42.0 Å². The Balaban J connectivity index is 2.18. The van der Waals surface area contributed by atoms with Gasteiger partial charge in [-0.2, -0.15) is 0 Å². The molecule has 2 rings (SSSR count). The molecular weight excluding hydrogens is 282 g/mol. The second-order valence-corrected chi connectivity index (χ2v) is 5.95. The van der Waals surface area contributed by atoms with Crippen molar-refractivity contribution in [3.63, 3.8) is 0 Å². The fraction of sp³-hybridized carbons (Fsp3) is 0.143. The van der Waals surface area contributed by atoms with Crippen molar-refractivity contribution in [2.75, 3.05) is 12.8 Å². The fourth-order valence-corrected chi connectivity index (χ4v) is 2.91. The summed E-state index contributed by atoms with van der Waals surface area (Å²) in [6, 6.07) is 12.4. The number of ether oxygens (including phenoxy) is 1. The standard InChI is InChI=1S/C14H14ClNO2S/c1-18-13-7-10(6-12(16)8-13)9-19(17)14-4-2-11(15)3-5-14/h2-8H,9,16H2,1H3. The number of methoxy groups -OCH3 is 1. The lowest BCUT2D eigenvalue weighted by atomic mass is 10.2. The second kappa shape index (κ2) is 6.08. The molecule has 2 aromatic rings. The average Bonchev–Trinajstić information content (AvgIpc) is 2.38. The van der Waals surface area contributed by atoms with Gasteiger partial charge in [0.1, 0.15) is 5.75 Å². The summed E-state index contributed by atoms with van der Waals surface area (Å²) >= 11 is 5.80. The van der Waals surface area contributed by atoms with E-state index < -0.39 is 10.8 Å². The van der Waals surface area contributed by atoms with E-state index in [1.165, 1.54) is 0 Å². The molecule has 0 aliphatic rings. The van der Waals surface area contributed by atoms with Crippen LogP contribution in [0.2, 0.25) is 5.02 Å². The van der Waals surface area contributed by atoms with Gasteiger partial charge in [0.05, 0.1) is 23.7 Å². The van der Waals surface area contributed by atoms with Crippen LogP contribution in [0.25, 0.3) is 0 Å². The molecule has 2 aromatic carbocycles. The van der Waals surface area contributed by atoms with Crippen LogP contribution in [0.5, 0.6) is 5.75 Å². The third kappa shape index (κ3) is 3.72. The smallest absolute Gasteiger partial charge is 0.121 e. The van der Waals surface area contributed by atoms with Crippen molar-refractivity contribution in [3.05, 3.63) is 53.1 Å². The molecule has 2 N–H and O–H groups in total. The first kappa shape index (κ1) is 13.9. The van der Waals surface area contributed by atoms with Crippen LogP contribution in [0.4, 0.5) is 5.69 Å². The Morgan fingerprint density at radius 2 is 1.89 bits per heavy atom. The van der Waals surface area contributed by atoms with E-state index in [0.29, 0.717) is 22.2 Å². The Morgan fingerprint density at radius 1 is 1.21 bits per heavy atom. The molecule has 0 aromatic heterocycles. The van der Waals surface area contributed by atoms with Crippen LogP contribution in [0, 0.1) is 0 Å². The Bertz CT molecular complexity index is 599. The van der Waals surface area contributed by atoms with Crippen LogP contribution in [0.15, 0.2) is 47.4 Å². The van der Waals surface area contributed by atoms with E-state index in [9.17, 15) is 4.21 Å². The van der Waals surface area contributed by atoms with Crippen LogP contribution < -0.4 is 10.5 Å². The lowest BCUT2D eigenvalue weighted by Crippen LogP contribution is -1.98. The van der Waals surface area contributed by atoms with Gasteiger partial charge in [-0.25, -0.2) is 0 Å². The summed E-state index contributed by atoms with van der Waals surface area (Å²) in [6.07, 6.45) is 0. The highest BCUT2D eigenvalue weighted by Crippen LogP contribution is 2.21. The number of rotatable bonds is 4. The van der Waals surface area contributed by atoms with Gasteiger partial charge in [0.2, 0.25) is 0 Å². The minimum absolute atomic E-state index is 0.392. The number of halogens is 1. The highest BCUT2D eigenvalue weighted by Gasteiger charge is 2.07. The maximum Gasteiger partial charge on any atom is 0.121 e. The molecule has 0 bridgehead atoms. The van der Waals surface area contributed by atoms with Crippen molar-refractivity contribution < 1.29 is 8.95 Å². The van der Waals surface area contributed by atoms with Crippen molar-refractivity contribution >= 4 is 28.1 Å². The molecule has 5 heteroatoms. The van der Waals surface area contributed by atoms with Crippen molar-refractivity contribution in [2.24, 2.45) is 0 Å². The predicted molar refractivity (Wildman–Crippen MR) is 79.0 cm³/mol. The van der Waals surface area contributed by atoms with E-state index in [-0.39, 0.29) is 0 Å². The molecule has 1 unspecified atom stereocenters. The molecule has 19 heavy (non-hydrogen) atoms. The van der Waals surface area contributed by atoms with Gasteiger partial charge in [-0.15, -0.1) is 0 Å². The quantitative estimate of drug-likeness (QED) is 0.881. The second-order valence-electron chi connectivity index (χ2n) is 4.06. The number of anilines is 1. The van der Waals surface area contributed by atoms with E-state index in [2.05, 4.69) is 0 Å². The molecule has 0 heterocycles. The number of hydrogen-bond acceptors (Lipinski definition) is 3. The Kier molecular flexibility index (Phi) is 4.45. The average molecular weight is 296 g/mol. The minimum Gasteiger partial charge on any atom is -0.497 e. The zero-order chi connectivity index (χ0) is 13.8.